The lowest BCUT2D eigenvalue weighted by atomic mass is 9.73. The van der Waals surface area contributed by atoms with E-state index in [-0.39, 0.29) is 5.41 Å². The minimum Gasteiger partial charge on any atom is -0.497 e. The van der Waals surface area contributed by atoms with Crippen molar-refractivity contribution in [2.45, 2.75) is 31.6 Å². The Labute approximate surface area is 157 Å². The Morgan fingerprint density at radius 1 is 1.38 bits per heavy atom. The van der Waals surface area contributed by atoms with Gasteiger partial charge in [0.25, 0.3) is 0 Å². The van der Waals surface area contributed by atoms with Crippen LogP contribution in [0.5, 0.6) is 5.75 Å². The standard InChI is InChI=1S/C16H22INO.H2O4S/c1-3-7-16(8-10-18(13-17)11-9-16)14-5-4-6-15(12-14)19-2;1-5(2,3)4/h4-6,8,10,12H,3,7,9,11,13H2,1-2H3;(H2,1,2,3,4). The molecule has 8 heteroatoms. The van der Waals surface area contributed by atoms with E-state index in [1.165, 1.54) is 24.8 Å². The number of benzene rings is 1. The second kappa shape index (κ2) is 9.59. The highest BCUT2D eigenvalue weighted by atomic mass is 127. The SMILES string of the molecule is CCCC1(c2cccc(OC)c2)C=CN(CI)CC1.O=S(=O)(O)O. The molecule has 0 radical (unpaired) electrons. The Morgan fingerprint density at radius 3 is 2.50 bits per heavy atom. The van der Waals surface area contributed by atoms with E-state index in [9.17, 15) is 0 Å². The van der Waals surface area contributed by atoms with Gasteiger partial charge in [-0.05, 0) is 36.7 Å². The van der Waals surface area contributed by atoms with Gasteiger partial charge in [-0.2, -0.15) is 8.42 Å². The quantitative estimate of drug-likeness (QED) is 0.296. The molecule has 6 nitrogen and oxygen atoms in total. The average molecular weight is 469 g/mol. The van der Waals surface area contributed by atoms with Crippen LogP contribution < -0.4 is 4.74 Å². The predicted octanol–water partition coefficient (Wildman–Crippen LogP) is 3.69. The lowest BCUT2D eigenvalue weighted by Crippen LogP contribution is -2.34. The van der Waals surface area contributed by atoms with Crippen molar-refractivity contribution in [1.29, 1.82) is 0 Å². The Morgan fingerprint density at radius 2 is 2.04 bits per heavy atom. The van der Waals surface area contributed by atoms with E-state index in [0.717, 1.165) is 16.8 Å². The Balaban J connectivity index is 0.000000505. The fourth-order valence-electron chi connectivity index (χ4n) is 2.82. The molecule has 0 spiro atoms. The van der Waals surface area contributed by atoms with Crippen LogP contribution in [0.25, 0.3) is 0 Å². The third-order valence-electron chi connectivity index (χ3n) is 3.94. The molecule has 0 bridgehead atoms. The maximum Gasteiger partial charge on any atom is 0.394 e. The zero-order chi connectivity index (χ0) is 18.2. The number of alkyl halides is 1. The molecule has 1 aliphatic rings. The van der Waals surface area contributed by atoms with Crippen molar-refractivity contribution in [3.8, 4) is 5.75 Å². The third kappa shape index (κ3) is 6.96. The molecule has 1 atom stereocenters. The molecular weight excluding hydrogens is 445 g/mol. The lowest BCUT2D eigenvalue weighted by Gasteiger charge is -2.37. The highest BCUT2D eigenvalue weighted by Gasteiger charge is 2.31. The van der Waals surface area contributed by atoms with Crippen LogP contribution in [0.2, 0.25) is 0 Å². The topological polar surface area (TPSA) is 87.1 Å². The number of ether oxygens (including phenoxy) is 1. The smallest absolute Gasteiger partial charge is 0.394 e. The van der Waals surface area contributed by atoms with Gasteiger partial charge in [0.2, 0.25) is 0 Å². The highest BCUT2D eigenvalue weighted by Crippen LogP contribution is 2.38. The number of methoxy groups -OCH3 is 1. The summed E-state index contributed by atoms with van der Waals surface area (Å²) in [5.74, 6) is 0.956. The molecule has 1 heterocycles. The summed E-state index contributed by atoms with van der Waals surface area (Å²) in [6.45, 7) is 3.40. The van der Waals surface area contributed by atoms with Crippen molar-refractivity contribution >= 4 is 33.0 Å². The van der Waals surface area contributed by atoms with Crippen LogP contribution in [0, 0.1) is 0 Å². The second-order valence-corrected chi connectivity index (χ2v) is 7.16. The molecule has 0 saturated carbocycles. The summed E-state index contributed by atoms with van der Waals surface area (Å²) in [7, 11) is -2.93. The summed E-state index contributed by atoms with van der Waals surface area (Å²) in [4.78, 5) is 2.37. The van der Waals surface area contributed by atoms with Gasteiger partial charge in [0.15, 0.2) is 0 Å². The summed E-state index contributed by atoms with van der Waals surface area (Å²) in [5.41, 5.74) is 1.57. The number of nitrogens with zero attached hydrogens (tertiary/aromatic N) is 1. The first kappa shape index (κ1) is 21.2. The van der Waals surface area contributed by atoms with Crippen LogP contribution in [-0.2, 0) is 15.8 Å². The Kier molecular flexibility index (Phi) is 8.48. The van der Waals surface area contributed by atoms with Gasteiger partial charge in [-0.25, -0.2) is 0 Å². The van der Waals surface area contributed by atoms with Gasteiger partial charge in [-0.3, -0.25) is 9.11 Å². The zero-order valence-electron chi connectivity index (χ0n) is 13.9. The zero-order valence-corrected chi connectivity index (χ0v) is 16.8. The largest absolute Gasteiger partial charge is 0.497 e. The van der Waals surface area contributed by atoms with E-state index in [1.807, 2.05) is 6.07 Å². The third-order valence-corrected chi connectivity index (χ3v) is 4.82. The van der Waals surface area contributed by atoms with Crippen molar-refractivity contribution in [2.75, 3.05) is 18.2 Å². The molecular formula is C16H24INO5S. The lowest BCUT2D eigenvalue weighted by molar-refractivity contribution is 0.322. The fraction of sp³-hybridized carbons (Fsp3) is 0.500. The number of allylic oxidation sites excluding steroid dienone is 1. The first-order valence-electron chi connectivity index (χ1n) is 7.58. The van der Waals surface area contributed by atoms with Gasteiger partial charge in [-0.15, -0.1) is 0 Å². The van der Waals surface area contributed by atoms with E-state index in [4.69, 9.17) is 22.3 Å². The molecule has 0 fully saturated rings. The summed E-state index contributed by atoms with van der Waals surface area (Å²) in [5, 5.41) is 0. The van der Waals surface area contributed by atoms with Crippen LogP contribution in [-0.4, -0.2) is 40.6 Å². The number of rotatable bonds is 5. The van der Waals surface area contributed by atoms with Crippen molar-refractivity contribution in [3.05, 3.63) is 42.1 Å². The maximum absolute atomic E-state index is 8.74. The van der Waals surface area contributed by atoms with Crippen LogP contribution in [0.15, 0.2) is 36.5 Å². The Hall–Kier alpha value is -0.840. The highest BCUT2D eigenvalue weighted by molar-refractivity contribution is 14.1. The fourth-order valence-corrected chi connectivity index (χ4v) is 3.39. The van der Waals surface area contributed by atoms with Gasteiger partial charge in [0, 0.05) is 12.0 Å². The molecule has 2 rings (SSSR count). The van der Waals surface area contributed by atoms with E-state index in [2.05, 4.69) is 64.9 Å². The van der Waals surface area contributed by atoms with E-state index in [0.29, 0.717) is 0 Å². The molecule has 1 aliphatic heterocycles. The van der Waals surface area contributed by atoms with Crippen molar-refractivity contribution < 1.29 is 22.3 Å². The minimum absolute atomic E-state index is 0.186. The summed E-state index contributed by atoms with van der Waals surface area (Å²) in [6, 6.07) is 8.55. The monoisotopic (exact) mass is 469 g/mol. The maximum atomic E-state index is 8.74. The number of hydrogen-bond donors (Lipinski definition) is 2. The molecule has 1 aromatic carbocycles. The summed E-state index contributed by atoms with van der Waals surface area (Å²) in [6.07, 6.45) is 8.25. The first-order valence-corrected chi connectivity index (χ1v) is 10.5. The average Bonchev–Trinajstić information content (AvgIpc) is 2.54. The van der Waals surface area contributed by atoms with Gasteiger partial charge < -0.3 is 9.64 Å². The molecule has 24 heavy (non-hydrogen) atoms. The molecule has 1 aromatic rings. The van der Waals surface area contributed by atoms with Gasteiger partial charge >= 0.3 is 10.4 Å². The molecule has 0 aromatic heterocycles. The molecule has 2 N–H and O–H groups in total. The molecule has 0 amide bonds. The summed E-state index contributed by atoms with van der Waals surface area (Å²) >= 11 is 2.42. The van der Waals surface area contributed by atoms with E-state index >= 15 is 0 Å². The predicted molar refractivity (Wildman–Crippen MR) is 103 cm³/mol. The minimum atomic E-state index is -4.67. The number of halogens is 1. The van der Waals surface area contributed by atoms with Crippen LogP contribution >= 0.6 is 22.6 Å². The Bertz CT molecular complexity index is 642. The number of hydrogen-bond acceptors (Lipinski definition) is 4. The molecule has 1 unspecified atom stereocenters. The van der Waals surface area contributed by atoms with Crippen molar-refractivity contribution in [2.24, 2.45) is 0 Å². The second-order valence-electron chi connectivity index (χ2n) is 5.58. The molecule has 136 valence electrons. The van der Waals surface area contributed by atoms with Crippen LogP contribution in [0.4, 0.5) is 0 Å². The van der Waals surface area contributed by atoms with Crippen molar-refractivity contribution in [3.63, 3.8) is 0 Å². The normalized spacial score (nSPS) is 20.3. The summed E-state index contributed by atoms with van der Waals surface area (Å²) < 4.78 is 38.0. The van der Waals surface area contributed by atoms with E-state index in [1.54, 1.807) is 7.11 Å². The van der Waals surface area contributed by atoms with Gasteiger partial charge in [0.1, 0.15) is 5.75 Å². The van der Waals surface area contributed by atoms with Gasteiger partial charge in [0.05, 0.1) is 11.7 Å². The van der Waals surface area contributed by atoms with Gasteiger partial charge in [-0.1, -0.05) is 54.1 Å². The molecule has 0 aliphatic carbocycles. The van der Waals surface area contributed by atoms with Crippen LogP contribution in [0.3, 0.4) is 0 Å². The van der Waals surface area contributed by atoms with E-state index < -0.39 is 10.4 Å². The molecule has 0 saturated heterocycles. The van der Waals surface area contributed by atoms with Crippen molar-refractivity contribution in [1.82, 2.24) is 4.90 Å². The first-order chi connectivity index (χ1) is 11.2. The van der Waals surface area contributed by atoms with Crippen LogP contribution in [0.1, 0.15) is 31.7 Å².